The van der Waals surface area contributed by atoms with Crippen molar-refractivity contribution in [3.63, 3.8) is 0 Å². The average molecular weight is 292 g/mol. The van der Waals surface area contributed by atoms with Gasteiger partial charge in [-0.3, -0.25) is 4.79 Å². The van der Waals surface area contributed by atoms with Crippen LogP contribution in [0.2, 0.25) is 0 Å². The van der Waals surface area contributed by atoms with E-state index in [0.29, 0.717) is 13.0 Å². The summed E-state index contributed by atoms with van der Waals surface area (Å²) in [5, 5.41) is 0. The van der Waals surface area contributed by atoms with Gasteiger partial charge in [0, 0.05) is 19.6 Å². The fraction of sp³-hybridized carbons (Fsp3) is 0.588. The van der Waals surface area contributed by atoms with Gasteiger partial charge in [0.15, 0.2) is 0 Å². The molecule has 1 unspecified atom stereocenters. The van der Waals surface area contributed by atoms with Gasteiger partial charge in [0.2, 0.25) is 5.91 Å². The number of likely N-dealkylation sites (tertiary alicyclic amines) is 1. The minimum absolute atomic E-state index is 0.128. The average Bonchev–Trinajstić information content (AvgIpc) is 2.76. The molecule has 116 valence electrons. The number of aryl methyl sites for hydroxylation is 1. The molecule has 1 atom stereocenters. The Labute approximate surface area is 126 Å². The number of hydrogen-bond acceptors (Lipinski definition) is 2. The highest BCUT2D eigenvalue weighted by molar-refractivity contribution is 5.79. The van der Waals surface area contributed by atoms with Crippen molar-refractivity contribution in [3.8, 4) is 0 Å². The van der Waals surface area contributed by atoms with Crippen LogP contribution in [0.15, 0.2) is 18.2 Å². The monoisotopic (exact) mass is 292 g/mol. The third-order valence-corrected chi connectivity index (χ3v) is 4.33. The second kappa shape index (κ2) is 7.55. The van der Waals surface area contributed by atoms with Crippen LogP contribution in [0.25, 0.3) is 0 Å². The standard InChI is InChI=1S/C17H25FN2O/c1-13-6-7-16(18)11-14(13)10-15(12-19)17(21)20-8-4-2-3-5-9-20/h6-7,11,15H,2-5,8-10,12,19H2,1H3. The lowest BCUT2D eigenvalue weighted by atomic mass is 9.94. The highest BCUT2D eigenvalue weighted by atomic mass is 19.1. The molecule has 0 radical (unpaired) electrons. The molecule has 0 spiro atoms. The van der Waals surface area contributed by atoms with Crippen LogP contribution < -0.4 is 5.73 Å². The van der Waals surface area contributed by atoms with Crippen molar-refractivity contribution in [2.45, 2.75) is 39.0 Å². The molecule has 1 aliphatic rings. The summed E-state index contributed by atoms with van der Waals surface area (Å²) < 4.78 is 13.4. The van der Waals surface area contributed by atoms with E-state index < -0.39 is 0 Å². The van der Waals surface area contributed by atoms with Crippen LogP contribution in [-0.4, -0.2) is 30.4 Å². The Hall–Kier alpha value is -1.42. The Morgan fingerprint density at radius 2 is 1.95 bits per heavy atom. The number of carbonyl (C=O) groups excluding carboxylic acids is 1. The van der Waals surface area contributed by atoms with Gasteiger partial charge in [-0.25, -0.2) is 4.39 Å². The molecule has 4 heteroatoms. The van der Waals surface area contributed by atoms with E-state index in [2.05, 4.69) is 0 Å². The highest BCUT2D eigenvalue weighted by Crippen LogP contribution is 2.18. The third-order valence-electron chi connectivity index (χ3n) is 4.33. The van der Waals surface area contributed by atoms with Gasteiger partial charge in [-0.15, -0.1) is 0 Å². The minimum atomic E-state index is -0.256. The van der Waals surface area contributed by atoms with Crippen LogP contribution in [0.4, 0.5) is 4.39 Å². The summed E-state index contributed by atoms with van der Waals surface area (Å²) in [5.41, 5.74) is 7.71. The first kappa shape index (κ1) is 16.0. The molecule has 1 saturated heterocycles. The van der Waals surface area contributed by atoms with Gasteiger partial charge in [-0.05, 0) is 49.4 Å². The van der Waals surface area contributed by atoms with Crippen molar-refractivity contribution in [2.75, 3.05) is 19.6 Å². The highest BCUT2D eigenvalue weighted by Gasteiger charge is 2.24. The Morgan fingerprint density at radius 1 is 1.29 bits per heavy atom. The molecule has 3 nitrogen and oxygen atoms in total. The van der Waals surface area contributed by atoms with Gasteiger partial charge in [-0.1, -0.05) is 18.9 Å². The normalized spacial score (nSPS) is 17.4. The van der Waals surface area contributed by atoms with Crippen LogP contribution in [0.3, 0.4) is 0 Å². The molecular formula is C17H25FN2O. The largest absolute Gasteiger partial charge is 0.342 e. The molecule has 1 heterocycles. The molecule has 1 aliphatic heterocycles. The van der Waals surface area contributed by atoms with Crippen LogP contribution >= 0.6 is 0 Å². The first-order valence-corrected chi connectivity index (χ1v) is 7.85. The molecule has 1 aromatic carbocycles. The van der Waals surface area contributed by atoms with Gasteiger partial charge < -0.3 is 10.6 Å². The van der Waals surface area contributed by atoms with Crippen molar-refractivity contribution < 1.29 is 9.18 Å². The second-order valence-electron chi connectivity index (χ2n) is 5.95. The Balaban J connectivity index is 2.07. The molecule has 0 aromatic heterocycles. The van der Waals surface area contributed by atoms with Gasteiger partial charge in [0.05, 0.1) is 5.92 Å². The van der Waals surface area contributed by atoms with E-state index in [1.165, 1.54) is 25.0 Å². The summed E-state index contributed by atoms with van der Waals surface area (Å²) in [6.45, 7) is 3.92. The quantitative estimate of drug-likeness (QED) is 0.927. The van der Waals surface area contributed by atoms with Crippen LogP contribution in [0.1, 0.15) is 36.8 Å². The summed E-state index contributed by atoms with van der Waals surface area (Å²) in [4.78, 5) is 14.6. The molecule has 2 N–H and O–H groups in total. The van der Waals surface area contributed by atoms with E-state index in [-0.39, 0.29) is 17.6 Å². The molecule has 0 bridgehead atoms. The molecule has 1 fully saturated rings. The van der Waals surface area contributed by atoms with Crippen LogP contribution in [-0.2, 0) is 11.2 Å². The molecule has 2 rings (SSSR count). The maximum Gasteiger partial charge on any atom is 0.227 e. The lowest BCUT2D eigenvalue weighted by Crippen LogP contribution is -2.40. The Kier molecular flexibility index (Phi) is 5.74. The fourth-order valence-corrected chi connectivity index (χ4v) is 2.95. The van der Waals surface area contributed by atoms with Crippen LogP contribution in [0.5, 0.6) is 0 Å². The lowest BCUT2D eigenvalue weighted by molar-refractivity contribution is -0.135. The minimum Gasteiger partial charge on any atom is -0.342 e. The summed E-state index contributed by atoms with van der Waals surface area (Å²) in [6.07, 6.45) is 5.06. The molecule has 1 amide bonds. The zero-order chi connectivity index (χ0) is 15.2. The van der Waals surface area contributed by atoms with Crippen molar-refractivity contribution in [2.24, 2.45) is 11.7 Å². The van der Waals surface area contributed by atoms with Gasteiger partial charge in [-0.2, -0.15) is 0 Å². The Morgan fingerprint density at radius 3 is 2.57 bits per heavy atom. The SMILES string of the molecule is Cc1ccc(F)cc1CC(CN)C(=O)N1CCCCCC1. The number of amides is 1. The zero-order valence-electron chi connectivity index (χ0n) is 12.8. The fourth-order valence-electron chi connectivity index (χ4n) is 2.95. The van der Waals surface area contributed by atoms with Gasteiger partial charge in [0.1, 0.15) is 5.82 Å². The van der Waals surface area contributed by atoms with E-state index in [1.807, 2.05) is 11.8 Å². The molecule has 0 aliphatic carbocycles. The predicted molar refractivity (Wildman–Crippen MR) is 82.4 cm³/mol. The molecule has 1 aromatic rings. The number of rotatable bonds is 4. The Bertz CT molecular complexity index is 482. The number of hydrogen-bond donors (Lipinski definition) is 1. The van der Waals surface area contributed by atoms with Gasteiger partial charge in [0.25, 0.3) is 0 Å². The molecule has 0 saturated carbocycles. The number of nitrogens with zero attached hydrogens (tertiary/aromatic N) is 1. The lowest BCUT2D eigenvalue weighted by Gasteiger charge is -2.26. The van der Waals surface area contributed by atoms with Crippen molar-refractivity contribution >= 4 is 5.91 Å². The van der Waals surface area contributed by atoms with E-state index in [1.54, 1.807) is 6.07 Å². The molecular weight excluding hydrogens is 267 g/mol. The maximum atomic E-state index is 13.4. The van der Waals surface area contributed by atoms with E-state index in [0.717, 1.165) is 37.1 Å². The number of nitrogens with two attached hydrogens (primary N) is 1. The smallest absolute Gasteiger partial charge is 0.227 e. The maximum absolute atomic E-state index is 13.4. The second-order valence-corrected chi connectivity index (χ2v) is 5.95. The third kappa shape index (κ3) is 4.27. The summed E-state index contributed by atoms with van der Waals surface area (Å²) >= 11 is 0. The summed E-state index contributed by atoms with van der Waals surface area (Å²) in [5.74, 6) is -0.375. The van der Waals surface area contributed by atoms with Crippen LogP contribution in [0, 0.1) is 18.7 Å². The van der Waals surface area contributed by atoms with Crippen molar-refractivity contribution in [1.29, 1.82) is 0 Å². The predicted octanol–water partition coefficient (Wildman–Crippen LogP) is 2.65. The summed E-state index contributed by atoms with van der Waals surface area (Å²) in [7, 11) is 0. The topological polar surface area (TPSA) is 46.3 Å². The zero-order valence-corrected chi connectivity index (χ0v) is 12.8. The van der Waals surface area contributed by atoms with Crippen molar-refractivity contribution in [1.82, 2.24) is 4.90 Å². The first-order valence-electron chi connectivity index (χ1n) is 7.85. The number of benzene rings is 1. The van der Waals surface area contributed by atoms with E-state index >= 15 is 0 Å². The van der Waals surface area contributed by atoms with E-state index in [4.69, 9.17) is 5.73 Å². The first-order chi connectivity index (χ1) is 10.1. The summed E-state index contributed by atoms with van der Waals surface area (Å²) in [6, 6.07) is 4.73. The van der Waals surface area contributed by atoms with Crippen molar-refractivity contribution in [3.05, 3.63) is 35.1 Å². The molecule has 21 heavy (non-hydrogen) atoms. The number of halogens is 1. The van der Waals surface area contributed by atoms with Gasteiger partial charge >= 0.3 is 0 Å². The number of carbonyl (C=O) groups is 1. The van der Waals surface area contributed by atoms with E-state index in [9.17, 15) is 9.18 Å².